The summed E-state index contributed by atoms with van der Waals surface area (Å²) in [5, 5.41) is 2.78. The topological polar surface area (TPSA) is 95.2 Å². The predicted octanol–water partition coefficient (Wildman–Crippen LogP) is 1.93. The highest BCUT2D eigenvalue weighted by Crippen LogP contribution is 2.16. The Morgan fingerprint density at radius 1 is 0.938 bits per heavy atom. The molecule has 0 saturated carbocycles. The Labute approximate surface area is 183 Å². The number of nitrogens with one attached hydrogen (secondary N) is 1. The molecule has 0 spiro atoms. The Bertz CT molecular complexity index is 1380. The highest BCUT2D eigenvalue weighted by atomic mass is 16.5. The maximum atomic E-state index is 12.9. The normalized spacial score (nSPS) is 10.8. The average Bonchev–Trinajstić information content (AvgIpc) is 2.84. The fourth-order valence-electron chi connectivity index (χ4n) is 3.56. The van der Waals surface area contributed by atoms with E-state index in [0.29, 0.717) is 16.9 Å². The van der Waals surface area contributed by atoms with Gasteiger partial charge in [-0.2, -0.15) is 0 Å². The minimum Gasteiger partial charge on any atom is -0.496 e. The molecular weight excluding hydrogens is 408 g/mol. The van der Waals surface area contributed by atoms with Gasteiger partial charge in [0.1, 0.15) is 12.3 Å². The van der Waals surface area contributed by atoms with Crippen LogP contribution in [0.25, 0.3) is 11.2 Å². The first-order chi connectivity index (χ1) is 15.6. The van der Waals surface area contributed by atoms with Crippen LogP contribution in [-0.4, -0.2) is 27.1 Å². The molecule has 32 heavy (non-hydrogen) atoms. The van der Waals surface area contributed by atoms with E-state index in [-0.39, 0.29) is 19.6 Å². The molecule has 0 bridgehead atoms. The third-order valence-electron chi connectivity index (χ3n) is 5.14. The fourth-order valence-corrected chi connectivity index (χ4v) is 3.56. The Kier molecular flexibility index (Phi) is 6.12. The highest BCUT2D eigenvalue weighted by Gasteiger charge is 2.16. The van der Waals surface area contributed by atoms with Crippen LogP contribution >= 0.6 is 0 Å². The van der Waals surface area contributed by atoms with E-state index in [1.54, 1.807) is 31.5 Å². The van der Waals surface area contributed by atoms with E-state index in [1.807, 2.05) is 48.5 Å². The van der Waals surface area contributed by atoms with Gasteiger partial charge in [0.05, 0.1) is 19.2 Å². The summed E-state index contributed by atoms with van der Waals surface area (Å²) >= 11 is 0. The molecule has 4 aromatic rings. The van der Waals surface area contributed by atoms with Gasteiger partial charge in [0.15, 0.2) is 5.65 Å². The number of aromatic nitrogens is 3. The number of pyridine rings is 1. The Morgan fingerprint density at radius 3 is 2.44 bits per heavy atom. The third kappa shape index (κ3) is 4.29. The van der Waals surface area contributed by atoms with E-state index in [2.05, 4.69) is 10.3 Å². The highest BCUT2D eigenvalue weighted by molar-refractivity contribution is 5.78. The first kappa shape index (κ1) is 21.0. The molecule has 2 aromatic carbocycles. The molecule has 2 aromatic heterocycles. The number of carbonyl (C=O) groups is 1. The van der Waals surface area contributed by atoms with Gasteiger partial charge in [-0.1, -0.05) is 48.5 Å². The molecule has 0 atom stereocenters. The summed E-state index contributed by atoms with van der Waals surface area (Å²) in [5.74, 6) is 0.256. The lowest BCUT2D eigenvalue weighted by Gasteiger charge is -2.14. The number of rotatable bonds is 7. The number of hydrogen-bond acceptors (Lipinski definition) is 5. The van der Waals surface area contributed by atoms with Crippen molar-refractivity contribution < 1.29 is 9.53 Å². The minimum atomic E-state index is -0.770. The number of carbonyl (C=O) groups excluding carboxylic acids is 1. The maximum absolute atomic E-state index is 12.9. The zero-order chi connectivity index (χ0) is 22.5. The molecule has 8 nitrogen and oxygen atoms in total. The largest absolute Gasteiger partial charge is 0.496 e. The van der Waals surface area contributed by atoms with E-state index in [9.17, 15) is 14.4 Å². The van der Waals surface area contributed by atoms with Crippen LogP contribution in [0, 0.1) is 0 Å². The van der Waals surface area contributed by atoms with E-state index in [1.165, 1.54) is 9.13 Å². The van der Waals surface area contributed by atoms with Crippen LogP contribution in [0.1, 0.15) is 11.1 Å². The summed E-state index contributed by atoms with van der Waals surface area (Å²) in [6, 6.07) is 20.0. The van der Waals surface area contributed by atoms with Crippen molar-refractivity contribution in [3.05, 3.63) is 105 Å². The quantitative estimate of drug-likeness (QED) is 0.452. The monoisotopic (exact) mass is 430 g/mol. The van der Waals surface area contributed by atoms with Crippen molar-refractivity contribution in [2.45, 2.75) is 19.6 Å². The molecule has 4 rings (SSSR count). The molecule has 0 saturated heterocycles. The summed E-state index contributed by atoms with van der Waals surface area (Å²) in [7, 11) is 1.56. The third-order valence-corrected chi connectivity index (χ3v) is 5.14. The van der Waals surface area contributed by atoms with Crippen molar-refractivity contribution in [3.8, 4) is 5.75 Å². The van der Waals surface area contributed by atoms with E-state index in [4.69, 9.17) is 4.74 Å². The first-order valence-electron chi connectivity index (χ1n) is 10.1. The first-order valence-corrected chi connectivity index (χ1v) is 10.1. The van der Waals surface area contributed by atoms with Gasteiger partial charge in [0.2, 0.25) is 5.91 Å². The standard InChI is InChI=1S/C24H22N4O4/c1-32-20-12-6-5-10-18(20)14-26-21(29)16-27-19-11-7-13-25-22(19)28(24(31)23(27)30)15-17-8-3-2-4-9-17/h2-13H,14-16H2,1H3,(H,26,29). The molecule has 8 heteroatoms. The number of amides is 1. The van der Waals surface area contributed by atoms with Gasteiger partial charge in [-0.15, -0.1) is 0 Å². The summed E-state index contributed by atoms with van der Waals surface area (Å²) in [6.45, 7) is 0.152. The van der Waals surface area contributed by atoms with Crippen LogP contribution in [0.5, 0.6) is 5.75 Å². The van der Waals surface area contributed by atoms with Gasteiger partial charge in [0, 0.05) is 18.3 Å². The lowest BCUT2D eigenvalue weighted by atomic mass is 10.2. The number of benzene rings is 2. The second kappa shape index (κ2) is 9.30. The van der Waals surface area contributed by atoms with Crippen molar-refractivity contribution in [1.29, 1.82) is 0 Å². The molecule has 0 unspecified atom stereocenters. The van der Waals surface area contributed by atoms with Crippen molar-refractivity contribution in [1.82, 2.24) is 19.4 Å². The van der Waals surface area contributed by atoms with Crippen molar-refractivity contribution in [2.75, 3.05) is 7.11 Å². The summed E-state index contributed by atoms with van der Waals surface area (Å²) in [6.07, 6.45) is 1.56. The SMILES string of the molecule is COc1ccccc1CNC(=O)Cn1c(=O)c(=O)n(Cc2ccccc2)c2ncccc21. The van der Waals surface area contributed by atoms with Gasteiger partial charge in [0.25, 0.3) is 0 Å². The molecular formula is C24H22N4O4. The second-order valence-electron chi connectivity index (χ2n) is 7.20. The smallest absolute Gasteiger partial charge is 0.318 e. The molecule has 0 fully saturated rings. The Hall–Kier alpha value is -4.20. The van der Waals surface area contributed by atoms with Crippen LogP contribution in [0.3, 0.4) is 0 Å². The summed E-state index contributed by atoms with van der Waals surface area (Å²) in [4.78, 5) is 42.7. The molecule has 1 N–H and O–H groups in total. The lowest BCUT2D eigenvalue weighted by Crippen LogP contribution is -2.44. The number of nitrogens with zero attached hydrogens (tertiary/aromatic N) is 3. The van der Waals surface area contributed by atoms with Crippen LogP contribution in [0.2, 0.25) is 0 Å². The van der Waals surface area contributed by atoms with Crippen LogP contribution in [0.4, 0.5) is 0 Å². The number of methoxy groups -OCH3 is 1. The van der Waals surface area contributed by atoms with Gasteiger partial charge in [-0.25, -0.2) is 4.98 Å². The number of ether oxygens (including phenoxy) is 1. The van der Waals surface area contributed by atoms with Crippen LogP contribution in [-0.2, 0) is 24.4 Å². The molecule has 0 radical (unpaired) electrons. The molecule has 0 aliphatic carbocycles. The summed E-state index contributed by atoms with van der Waals surface area (Å²) in [5.41, 5.74) is 0.944. The number of para-hydroxylation sites is 1. The zero-order valence-corrected chi connectivity index (χ0v) is 17.5. The zero-order valence-electron chi connectivity index (χ0n) is 17.5. The molecule has 162 valence electrons. The van der Waals surface area contributed by atoms with Gasteiger partial charge in [-0.05, 0) is 23.8 Å². The van der Waals surface area contributed by atoms with E-state index in [0.717, 1.165) is 11.1 Å². The average molecular weight is 430 g/mol. The molecule has 0 aliphatic heterocycles. The minimum absolute atomic E-state index is 0.212. The van der Waals surface area contributed by atoms with Gasteiger partial charge < -0.3 is 10.1 Å². The van der Waals surface area contributed by atoms with E-state index < -0.39 is 17.0 Å². The van der Waals surface area contributed by atoms with Gasteiger partial charge >= 0.3 is 11.1 Å². The Balaban J connectivity index is 1.64. The van der Waals surface area contributed by atoms with Crippen molar-refractivity contribution in [2.24, 2.45) is 0 Å². The molecule has 0 aliphatic rings. The maximum Gasteiger partial charge on any atom is 0.318 e. The van der Waals surface area contributed by atoms with Crippen LogP contribution in [0.15, 0.2) is 82.5 Å². The number of hydrogen-bond donors (Lipinski definition) is 1. The van der Waals surface area contributed by atoms with Crippen molar-refractivity contribution in [3.63, 3.8) is 0 Å². The fraction of sp³-hybridized carbons (Fsp3) is 0.167. The molecule has 1 amide bonds. The van der Waals surface area contributed by atoms with Crippen molar-refractivity contribution >= 4 is 17.1 Å². The van der Waals surface area contributed by atoms with Crippen LogP contribution < -0.4 is 21.2 Å². The Morgan fingerprint density at radius 2 is 1.66 bits per heavy atom. The van der Waals surface area contributed by atoms with Gasteiger partial charge in [-0.3, -0.25) is 23.5 Å². The molecule has 2 heterocycles. The predicted molar refractivity (Wildman–Crippen MR) is 121 cm³/mol. The summed E-state index contributed by atoms with van der Waals surface area (Å²) < 4.78 is 7.81. The van der Waals surface area contributed by atoms with E-state index >= 15 is 0 Å². The number of fused-ring (bicyclic) bond motifs is 1. The second-order valence-corrected chi connectivity index (χ2v) is 7.20. The lowest BCUT2D eigenvalue weighted by molar-refractivity contribution is -0.121.